The number of piperidine rings is 1. The van der Waals surface area contributed by atoms with Gasteiger partial charge in [-0.05, 0) is 32.3 Å². The van der Waals surface area contributed by atoms with Crippen molar-refractivity contribution < 1.29 is 9.53 Å². The van der Waals surface area contributed by atoms with Gasteiger partial charge in [0.2, 0.25) is 5.91 Å². The summed E-state index contributed by atoms with van der Waals surface area (Å²) in [6.07, 6.45) is 2.03. The average Bonchev–Trinajstić information content (AvgIpc) is 2.45. The Kier molecular flexibility index (Phi) is 5.76. The zero-order chi connectivity index (χ0) is 15.2. The Hall–Kier alpha value is -1.39. The zero-order valence-electron chi connectivity index (χ0n) is 13.3. The third-order valence-electron chi connectivity index (χ3n) is 3.99. The predicted octanol–water partition coefficient (Wildman–Crippen LogP) is 2.03. The Balaban J connectivity index is 1.77. The van der Waals surface area contributed by atoms with E-state index in [1.165, 1.54) is 16.7 Å². The van der Waals surface area contributed by atoms with Crippen LogP contribution in [0.15, 0.2) is 18.2 Å². The number of hydrogen-bond acceptors (Lipinski definition) is 3. The zero-order valence-corrected chi connectivity index (χ0v) is 13.3. The van der Waals surface area contributed by atoms with Gasteiger partial charge in [0.25, 0.3) is 0 Å². The van der Waals surface area contributed by atoms with Crippen molar-refractivity contribution in [3.05, 3.63) is 34.9 Å². The summed E-state index contributed by atoms with van der Waals surface area (Å²) in [7, 11) is 1.57. The number of carbonyl (C=O) groups excluding carboxylic acids is 1. The lowest BCUT2D eigenvalue weighted by Gasteiger charge is -2.32. The third-order valence-corrected chi connectivity index (χ3v) is 3.99. The summed E-state index contributed by atoms with van der Waals surface area (Å²) < 4.78 is 4.90. The molecule has 0 saturated carbocycles. The molecule has 0 bridgehead atoms. The number of nitrogens with zero attached hydrogens (tertiary/aromatic N) is 1. The standard InChI is InChI=1S/C17H26N2O2/c1-13-8-14(2)10-15(9-13)11-18-16-4-6-19(7-5-16)17(20)12-21-3/h8-10,16,18H,4-7,11-12H2,1-3H3. The number of rotatable bonds is 5. The number of methoxy groups -OCH3 is 1. The molecule has 0 aliphatic carbocycles. The molecule has 21 heavy (non-hydrogen) atoms. The highest BCUT2D eigenvalue weighted by Gasteiger charge is 2.22. The topological polar surface area (TPSA) is 41.6 Å². The van der Waals surface area contributed by atoms with Gasteiger partial charge in [0, 0.05) is 32.8 Å². The minimum atomic E-state index is 0.102. The van der Waals surface area contributed by atoms with Gasteiger partial charge in [-0.2, -0.15) is 0 Å². The van der Waals surface area contributed by atoms with Gasteiger partial charge in [0.1, 0.15) is 6.61 Å². The van der Waals surface area contributed by atoms with Gasteiger partial charge in [-0.3, -0.25) is 4.79 Å². The molecule has 1 fully saturated rings. The fourth-order valence-electron chi connectivity index (χ4n) is 2.98. The molecule has 1 aromatic carbocycles. The molecule has 0 atom stereocenters. The van der Waals surface area contributed by atoms with Crippen molar-refractivity contribution in [3.8, 4) is 0 Å². The first kappa shape index (κ1) is 16.0. The van der Waals surface area contributed by atoms with Crippen LogP contribution in [0.25, 0.3) is 0 Å². The molecular weight excluding hydrogens is 264 g/mol. The lowest BCUT2D eigenvalue weighted by Crippen LogP contribution is -2.45. The second-order valence-corrected chi connectivity index (χ2v) is 5.96. The van der Waals surface area contributed by atoms with Crippen LogP contribution in [0.1, 0.15) is 29.5 Å². The third kappa shape index (κ3) is 4.83. The number of benzene rings is 1. The maximum absolute atomic E-state index is 11.7. The Labute approximate surface area is 127 Å². The van der Waals surface area contributed by atoms with Gasteiger partial charge < -0.3 is 15.0 Å². The molecule has 4 heteroatoms. The first-order valence-electron chi connectivity index (χ1n) is 7.65. The molecule has 0 spiro atoms. The van der Waals surface area contributed by atoms with E-state index in [9.17, 15) is 4.79 Å². The van der Waals surface area contributed by atoms with Gasteiger partial charge >= 0.3 is 0 Å². The summed E-state index contributed by atoms with van der Waals surface area (Å²) in [6, 6.07) is 7.16. The minimum Gasteiger partial charge on any atom is -0.375 e. The molecule has 1 N–H and O–H groups in total. The number of aryl methyl sites for hydroxylation is 2. The van der Waals surface area contributed by atoms with Crippen molar-refractivity contribution in [2.75, 3.05) is 26.8 Å². The molecular formula is C17H26N2O2. The molecule has 0 aromatic heterocycles. The molecule has 1 aromatic rings. The van der Waals surface area contributed by atoms with Gasteiger partial charge in [-0.1, -0.05) is 29.3 Å². The largest absolute Gasteiger partial charge is 0.375 e. The van der Waals surface area contributed by atoms with Crippen LogP contribution in [0.5, 0.6) is 0 Å². The number of ether oxygens (including phenoxy) is 1. The normalized spacial score (nSPS) is 16.2. The quantitative estimate of drug-likeness (QED) is 0.902. The van der Waals surface area contributed by atoms with Crippen molar-refractivity contribution in [2.45, 2.75) is 39.3 Å². The molecule has 1 aliphatic rings. The molecule has 4 nitrogen and oxygen atoms in total. The minimum absolute atomic E-state index is 0.102. The highest BCUT2D eigenvalue weighted by molar-refractivity contribution is 5.77. The molecule has 2 rings (SSSR count). The van der Waals surface area contributed by atoms with E-state index in [1.54, 1.807) is 7.11 Å². The van der Waals surface area contributed by atoms with E-state index in [2.05, 4.69) is 37.4 Å². The number of nitrogens with one attached hydrogen (secondary N) is 1. The van der Waals surface area contributed by atoms with Crippen molar-refractivity contribution in [2.24, 2.45) is 0 Å². The van der Waals surface area contributed by atoms with E-state index in [4.69, 9.17) is 4.74 Å². The highest BCUT2D eigenvalue weighted by Crippen LogP contribution is 2.13. The summed E-state index contributed by atoms with van der Waals surface area (Å²) >= 11 is 0. The average molecular weight is 290 g/mol. The van der Waals surface area contributed by atoms with Crippen molar-refractivity contribution in [3.63, 3.8) is 0 Å². The van der Waals surface area contributed by atoms with Gasteiger partial charge in [0.05, 0.1) is 0 Å². The Morgan fingerprint density at radius 3 is 2.43 bits per heavy atom. The number of carbonyl (C=O) groups is 1. The van der Waals surface area contributed by atoms with E-state index >= 15 is 0 Å². The number of hydrogen-bond donors (Lipinski definition) is 1. The molecule has 0 unspecified atom stereocenters. The van der Waals surface area contributed by atoms with Crippen molar-refractivity contribution >= 4 is 5.91 Å². The van der Waals surface area contributed by atoms with Crippen LogP contribution in [-0.4, -0.2) is 43.7 Å². The monoisotopic (exact) mass is 290 g/mol. The molecule has 1 aliphatic heterocycles. The molecule has 1 heterocycles. The maximum atomic E-state index is 11.7. The van der Waals surface area contributed by atoms with Crippen molar-refractivity contribution in [1.82, 2.24) is 10.2 Å². The Bertz CT molecular complexity index is 459. The maximum Gasteiger partial charge on any atom is 0.248 e. The highest BCUT2D eigenvalue weighted by atomic mass is 16.5. The summed E-state index contributed by atoms with van der Waals surface area (Å²) in [5.41, 5.74) is 3.96. The van der Waals surface area contributed by atoms with Gasteiger partial charge in [-0.25, -0.2) is 0 Å². The predicted molar refractivity (Wildman–Crippen MR) is 84.2 cm³/mol. The second kappa shape index (κ2) is 7.57. The SMILES string of the molecule is COCC(=O)N1CCC(NCc2cc(C)cc(C)c2)CC1. The molecule has 1 amide bonds. The van der Waals surface area contributed by atoms with Gasteiger partial charge in [-0.15, -0.1) is 0 Å². The fraction of sp³-hybridized carbons (Fsp3) is 0.588. The van der Waals surface area contributed by atoms with Crippen LogP contribution in [0, 0.1) is 13.8 Å². The van der Waals surface area contributed by atoms with E-state index in [0.717, 1.165) is 32.5 Å². The molecule has 116 valence electrons. The Morgan fingerprint density at radius 1 is 1.24 bits per heavy atom. The van der Waals surface area contributed by atoms with Crippen LogP contribution >= 0.6 is 0 Å². The number of likely N-dealkylation sites (tertiary alicyclic amines) is 1. The lowest BCUT2D eigenvalue weighted by atomic mass is 10.0. The van der Waals surface area contributed by atoms with E-state index in [0.29, 0.717) is 6.04 Å². The molecule has 0 radical (unpaired) electrons. The first-order valence-corrected chi connectivity index (χ1v) is 7.65. The van der Waals surface area contributed by atoms with Crippen LogP contribution < -0.4 is 5.32 Å². The van der Waals surface area contributed by atoms with E-state index < -0.39 is 0 Å². The summed E-state index contributed by atoms with van der Waals surface area (Å²) in [5.74, 6) is 0.102. The smallest absolute Gasteiger partial charge is 0.248 e. The van der Waals surface area contributed by atoms with E-state index in [-0.39, 0.29) is 12.5 Å². The van der Waals surface area contributed by atoms with Crippen LogP contribution in [-0.2, 0) is 16.1 Å². The summed E-state index contributed by atoms with van der Waals surface area (Å²) in [4.78, 5) is 13.6. The number of amides is 1. The Morgan fingerprint density at radius 2 is 1.86 bits per heavy atom. The molecule has 1 saturated heterocycles. The summed E-state index contributed by atoms with van der Waals surface area (Å²) in [6.45, 7) is 7.02. The van der Waals surface area contributed by atoms with Crippen molar-refractivity contribution in [1.29, 1.82) is 0 Å². The van der Waals surface area contributed by atoms with E-state index in [1.807, 2.05) is 4.90 Å². The van der Waals surface area contributed by atoms with Crippen LogP contribution in [0.4, 0.5) is 0 Å². The van der Waals surface area contributed by atoms with Gasteiger partial charge in [0.15, 0.2) is 0 Å². The second-order valence-electron chi connectivity index (χ2n) is 5.96. The summed E-state index contributed by atoms with van der Waals surface area (Å²) in [5, 5.41) is 3.61. The van der Waals surface area contributed by atoms with Crippen LogP contribution in [0.2, 0.25) is 0 Å². The lowest BCUT2D eigenvalue weighted by molar-refractivity contribution is -0.136. The van der Waals surface area contributed by atoms with Crippen LogP contribution in [0.3, 0.4) is 0 Å². The first-order chi connectivity index (χ1) is 10.1. The fourth-order valence-corrected chi connectivity index (χ4v) is 2.98.